The maximum Gasteiger partial charge on any atom is 0.323 e. The van der Waals surface area contributed by atoms with Crippen LogP contribution in [0.2, 0.25) is 0 Å². The van der Waals surface area contributed by atoms with Crippen LogP contribution in [0.3, 0.4) is 0 Å². The minimum Gasteiger partial charge on any atom is -0.493 e. The maximum atomic E-state index is 13.2. The van der Waals surface area contributed by atoms with Crippen LogP contribution in [0.4, 0.5) is 21.9 Å². The molecule has 0 aliphatic heterocycles. The van der Waals surface area contributed by atoms with Crippen LogP contribution >= 0.6 is 0 Å². The molecular formula is C27H29N3O5. The van der Waals surface area contributed by atoms with E-state index in [0.29, 0.717) is 40.5 Å². The Balaban J connectivity index is 1.73. The van der Waals surface area contributed by atoms with Crippen molar-refractivity contribution >= 4 is 34.8 Å². The van der Waals surface area contributed by atoms with Crippen molar-refractivity contribution in [3.63, 3.8) is 0 Å². The fraction of sp³-hybridized carbons (Fsp3) is 0.222. The summed E-state index contributed by atoms with van der Waals surface area (Å²) in [7, 11) is 2.97. The van der Waals surface area contributed by atoms with Crippen LogP contribution in [0.5, 0.6) is 11.5 Å². The number of hydrogen-bond donors (Lipinski definition) is 3. The molecule has 0 heterocycles. The quantitative estimate of drug-likeness (QED) is 0.345. The molecule has 8 heteroatoms. The monoisotopic (exact) mass is 475 g/mol. The van der Waals surface area contributed by atoms with Crippen molar-refractivity contribution in [1.82, 2.24) is 0 Å². The van der Waals surface area contributed by atoms with E-state index in [0.717, 1.165) is 5.56 Å². The van der Waals surface area contributed by atoms with E-state index in [1.165, 1.54) is 21.1 Å². The third kappa shape index (κ3) is 6.38. The van der Waals surface area contributed by atoms with Gasteiger partial charge in [0.05, 0.1) is 25.8 Å². The Labute approximate surface area is 204 Å². The van der Waals surface area contributed by atoms with Crippen LogP contribution in [0.15, 0.2) is 66.7 Å². The number of Topliss-reactive ketones (excluding diaryl/α,β-unsaturated/α-hetero) is 1. The highest BCUT2D eigenvalue weighted by molar-refractivity contribution is 6.06. The van der Waals surface area contributed by atoms with Crippen LogP contribution in [-0.2, 0) is 4.79 Å². The lowest BCUT2D eigenvalue weighted by molar-refractivity contribution is -0.117. The van der Waals surface area contributed by atoms with E-state index in [4.69, 9.17) is 9.47 Å². The Morgan fingerprint density at radius 2 is 1.37 bits per heavy atom. The predicted molar refractivity (Wildman–Crippen MR) is 137 cm³/mol. The Morgan fingerprint density at radius 3 is 1.91 bits per heavy atom. The van der Waals surface area contributed by atoms with Crippen LogP contribution in [0, 0.1) is 0 Å². The van der Waals surface area contributed by atoms with Gasteiger partial charge in [-0.3, -0.25) is 9.59 Å². The lowest BCUT2D eigenvalue weighted by Gasteiger charge is -2.19. The summed E-state index contributed by atoms with van der Waals surface area (Å²) < 4.78 is 10.6. The molecule has 0 aromatic heterocycles. The van der Waals surface area contributed by atoms with E-state index in [9.17, 15) is 14.4 Å². The molecule has 3 aromatic carbocycles. The molecule has 0 bridgehead atoms. The van der Waals surface area contributed by atoms with E-state index >= 15 is 0 Å². The van der Waals surface area contributed by atoms with Crippen molar-refractivity contribution in [3.05, 3.63) is 77.9 Å². The summed E-state index contributed by atoms with van der Waals surface area (Å²) in [5.74, 6) is -0.120. The van der Waals surface area contributed by atoms with Gasteiger partial charge in [-0.2, -0.15) is 0 Å². The van der Waals surface area contributed by atoms with Gasteiger partial charge in [-0.05, 0) is 49.2 Å². The maximum absolute atomic E-state index is 13.2. The standard InChI is InChI=1S/C27H29N3O5/c1-5-21(26(32)30-23-16-25(35-4)24(34-3)15-22(23)17(2)31)18-11-13-20(14-12-18)29-27(33)28-19-9-7-6-8-10-19/h6-16,21H,5H2,1-4H3,(H,30,32)(H2,28,29,33). The number of rotatable bonds is 9. The number of nitrogens with one attached hydrogen (secondary N) is 3. The summed E-state index contributed by atoms with van der Waals surface area (Å²) in [4.78, 5) is 37.6. The number of ether oxygens (including phenoxy) is 2. The number of hydrogen-bond acceptors (Lipinski definition) is 5. The molecule has 0 spiro atoms. The number of urea groups is 1. The molecule has 0 radical (unpaired) electrons. The molecule has 0 saturated carbocycles. The molecule has 8 nitrogen and oxygen atoms in total. The highest BCUT2D eigenvalue weighted by atomic mass is 16.5. The first-order valence-corrected chi connectivity index (χ1v) is 11.2. The largest absolute Gasteiger partial charge is 0.493 e. The SMILES string of the molecule is CCC(C(=O)Nc1cc(OC)c(OC)cc1C(C)=O)c1ccc(NC(=O)Nc2ccccc2)cc1. The minimum absolute atomic E-state index is 0.210. The fourth-order valence-electron chi connectivity index (χ4n) is 3.68. The average Bonchev–Trinajstić information content (AvgIpc) is 2.85. The molecule has 1 unspecified atom stereocenters. The third-order valence-electron chi connectivity index (χ3n) is 5.49. The van der Waals surface area contributed by atoms with Crippen molar-refractivity contribution in [1.29, 1.82) is 0 Å². The van der Waals surface area contributed by atoms with Crippen LogP contribution < -0.4 is 25.4 Å². The second-order valence-electron chi connectivity index (χ2n) is 7.83. The molecule has 1 atom stereocenters. The summed E-state index contributed by atoms with van der Waals surface area (Å²) >= 11 is 0. The normalized spacial score (nSPS) is 11.2. The number of anilines is 3. The molecule has 35 heavy (non-hydrogen) atoms. The van der Waals surface area contributed by atoms with Gasteiger partial charge >= 0.3 is 6.03 Å². The number of benzene rings is 3. The van der Waals surface area contributed by atoms with Gasteiger partial charge in [-0.25, -0.2) is 4.79 Å². The number of carbonyl (C=O) groups is 3. The highest BCUT2D eigenvalue weighted by Crippen LogP contribution is 2.34. The second-order valence-corrected chi connectivity index (χ2v) is 7.83. The Morgan fingerprint density at radius 1 is 0.800 bits per heavy atom. The average molecular weight is 476 g/mol. The van der Waals surface area contributed by atoms with Gasteiger partial charge in [0.2, 0.25) is 5.91 Å². The summed E-state index contributed by atoms with van der Waals surface area (Å²) in [5.41, 5.74) is 2.74. The van der Waals surface area contributed by atoms with Crippen LogP contribution in [0.1, 0.15) is 42.1 Å². The number of methoxy groups -OCH3 is 2. The zero-order valence-corrected chi connectivity index (χ0v) is 20.2. The molecule has 0 saturated heterocycles. The van der Waals surface area contributed by atoms with Gasteiger partial charge in [0.15, 0.2) is 17.3 Å². The molecule has 3 N–H and O–H groups in total. The number of amides is 3. The fourth-order valence-corrected chi connectivity index (χ4v) is 3.68. The van der Waals surface area contributed by atoms with E-state index in [1.54, 1.807) is 48.5 Å². The smallest absolute Gasteiger partial charge is 0.323 e. The van der Waals surface area contributed by atoms with Gasteiger partial charge in [0.25, 0.3) is 0 Å². The molecule has 3 rings (SSSR count). The van der Waals surface area contributed by atoms with Crippen LogP contribution in [0.25, 0.3) is 0 Å². The minimum atomic E-state index is -0.463. The van der Waals surface area contributed by atoms with Crippen molar-refractivity contribution in [3.8, 4) is 11.5 Å². The summed E-state index contributed by atoms with van der Waals surface area (Å²) in [6.07, 6.45) is 0.537. The molecule has 0 aliphatic rings. The van der Waals surface area contributed by atoms with Gasteiger partial charge in [0, 0.05) is 23.0 Å². The zero-order valence-electron chi connectivity index (χ0n) is 20.2. The van der Waals surface area contributed by atoms with Crippen molar-refractivity contribution in [2.75, 3.05) is 30.2 Å². The lowest BCUT2D eigenvalue weighted by atomic mass is 9.95. The van der Waals surface area contributed by atoms with Gasteiger partial charge in [0.1, 0.15) is 0 Å². The van der Waals surface area contributed by atoms with E-state index in [-0.39, 0.29) is 17.7 Å². The van der Waals surface area contributed by atoms with Crippen molar-refractivity contribution < 1.29 is 23.9 Å². The molecule has 182 valence electrons. The summed E-state index contributed by atoms with van der Waals surface area (Å²) in [6, 6.07) is 19.0. The van der Waals surface area contributed by atoms with Crippen molar-refractivity contribution in [2.45, 2.75) is 26.2 Å². The Kier molecular flexibility index (Phi) is 8.45. The molecule has 0 fully saturated rings. The van der Waals surface area contributed by atoms with E-state index in [2.05, 4.69) is 16.0 Å². The van der Waals surface area contributed by atoms with Gasteiger partial charge < -0.3 is 25.4 Å². The summed E-state index contributed by atoms with van der Waals surface area (Å²) in [5, 5.41) is 8.40. The Bertz CT molecular complexity index is 1190. The zero-order chi connectivity index (χ0) is 25.4. The third-order valence-corrected chi connectivity index (χ3v) is 5.49. The molecule has 3 aromatic rings. The summed E-state index contributed by atoms with van der Waals surface area (Å²) in [6.45, 7) is 3.33. The first kappa shape index (κ1) is 25.3. The Hall–Kier alpha value is -4.33. The first-order chi connectivity index (χ1) is 16.9. The van der Waals surface area contributed by atoms with E-state index in [1.807, 2.05) is 25.1 Å². The second kappa shape index (κ2) is 11.7. The lowest BCUT2D eigenvalue weighted by Crippen LogP contribution is -2.22. The highest BCUT2D eigenvalue weighted by Gasteiger charge is 2.22. The number of carbonyl (C=O) groups excluding carboxylic acids is 3. The predicted octanol–water partition coefficient (Wildman–Crippen LogP) is 5.68. The topological polar surface area (TPSA) is 106 Å². The van der Waals surface area contributed by atoms with Crippen molar-refractivity contribution in [2.24, 2.45) is 0 Å². The van der Waals surface area contributed by atoms with Crippen LogP contribution in [-0.4, -0.2) is 31.9 Å². The molecule has 0 aliphatic carbocycles. The number of ketones is 1. The first-order valence-electron chi connectivity index (χ1n) is 11.2. The van der Waals surface area contributed by atoms with E-state index < -0.39 is 5.92 Å². The molecule has 3 amide bonds. The van der Waals surface area contributed by atoms with Gasteiger partial charge in [-0.15, -0.1) is 0 Å². The van der Waals surface area contributed by atoms with Gasteiger partial charge in [-0.1, -0.05) is 37.3 Å². The number of para-hydroxylation sites is 1. The molecular weight excluding hydrogens is 446 g/mol.